The van der Waals surface area contributed by atoms with Crippen molar-refractivity contribution in [3.8, 4) is 0 Å². The lowest BCUT2D eigenvalue weighted by atomic mass is 10.4. The molecule has 0 atom stereocenters. The Morgan fingerprint density at radius 1 is 1.35 bits per heavy atom. The van der Waals surface area contributed by atoms with Crippen LogP contribution in [-0.2, 0) is 10.0 Å². The number of hydrogen-bond acceptors (Lipinski definition) is 2. The maximum absolute atomic E-state index is 12.4. The van der Waals surface area contributed by atoms with E-state index in [9.17, 15) is 8.42 Å². The summed E-state index contributed by atoms with van der Waals surface area (Å²) in [6.07, 6.45) is 1.83. The number of nitrogens with zero attached hydrogens (tertiary/aromatic N) is 1. The predicted molar refractivity (Wildman–Crippen MR) is 69.1 cm³/mol. The lowest BCUT2D eigenvalue weighted by molar-refractivity contribution is 0.422. The lowest BCUT2D eigenvalue weighted by Gasteiger charge is -2.20. The first-order valence-electron chi connectivity index (χ1n) is 5.39. The van der Waals surface area contributed by atoms with Gasteiger partial charge in [-0.1, -0.05) is 17.7 Å². The van der Waals surface area contributed by atoms with Gasteiger partial charge < -0.3 is 0 Å². The molecule has 0 unspecified atom stereocenters. The van der Waals surface area contributed by atoms with Crippen LogP contribution in [0.4, 0.5) is 0 Å². The van der Waals surface area contributed by atoms with Gasteiger partial charge in [0.1, 0.15) is 0 Å². The molecule has 0 N–H and O–H groups in total. The van der Waals surface area contributed by atoms with Gasteiger partial charge in [0.25, 0.3) is 0 Å². The van der Waals surface area contributed by atoms with Crippen molar-refractivity contribution < 1.29 is 8.42 Å². The Hall–Kier alpha value is -0.290. The fourth-order valence-corrected chi connectivity index (χ4v) is 3.98. The molecule has 2 rings (SSSR count). The molecule has 94 valence electrons. The quantitative estimate of drug-likeness (QED) is 0.783. The summed E-state index contributed by atoms with van der Waals surface area (Å²) in [6.45, 7) is 0.348. The second kappa shape index (κ2) is 5.14. The molecule has 0 spiro atoms. The van der Waals surface area contributed by atoms with Gasteiger partial charge in [0.2, 0.25) is 10.0 Å². The van der Waals surface area contributed by atoms with Gasteiger partial charge in [0.15, 0.2) is 0 Å². The topological polar surface area (TPSA) is 37.4 Å². The molecule has 0 bridgehead atoms. The van der Waals surface area contributed by atoms with Gasteiger partial charge in [-0.15, -0.1) is 11.6 Å². The number of alkyl halides is 1. The second-order valence-electron chi connectivity index (χ2n) is 3.99. The molecule has 0 heterocycles. The van der Waals surface area contributed by atoms with Crippen molar-refractivity contribution in [1.29, 1.82) is 0 Å². The zero-order valence-electron chi connectivity index (χ0n) is 9.14. The van der Waals surface area contributed by atoms with Crippen LogP contribution in [0.5, 0.6) is 0 Å². The van der Waals surface area contributed by atoms with E-state index in [4.69, 9.17) is 23.2 Å². The van der Waals surface area contributed by atoms with E-state index in [1.807, 2.05) is 0 Å². The Labute approximate surface area is 111 Å². The molecule has 1 aromatic carbocycles. The molecule has 3 nitrogen and oxygen atoms in total. The molecule has 0 amide bonds. The van der Waals surface area contributed by atoms with Crippen LogP contribution >= 0.6 is 23.2 Å². The van der Waals surface area contributed by atoms with Crippen molar-refractivity contribution in [3.05, 3.63) is 29.3 Å². The maximum Gasteiger partial charge on any atom is 0.243 e. The monoisotopic (exact) mass is 293 g/mol. The van der Waals surface area contributed by atoms with E-state index in [1.54, 1.807) is 18.2 Å². The largest absolute Gasteiger partial charge is 0.243 e. The van der Waals surface area contributed by atoms with E-state index < -0.39 is 10.0 Å². The van der Waals surface area contributed by atoms with Crippen molar-refractivity contribution in [2.24, 2.45) is 0 Å². The van der Waals surface area contributed by atoms with E-state index >= 15 is 0 Å². The molecule has 1 aliphatic rings. The average Bonchev–Trinajstić information content (AvgIpc) is 3.09. The molecule has 6 heteroatoms. The summed E-state index contributed by atoms with van der Waals surface area (Å²) in [5.74, 6) is 0.302. The fourth-order valence-electron chi connectivity index (χ4n) is 1.71. The molecule has 1 saturated carbocycles. The van der Waals surface area contributed by atoms with E-state index in [-0.39, 0.29) is 10.9 Å². The van der Waals surface area contributed by atoms with Crippen LogP contribution in [0.1, 0.15) is 12.8 Å². The van der Waals surface area contributed by atoms with E-state index in [0.717, 1.165) is 12.8 Å². The Morgan fingerprint density at radius 3 is 2.59 bits per heavy atom. The highest BCUT2D eigenvalue weighted by Gasteiger charge is 2.37. The van der Waals surface area contributed by atoms with Crippen molar-refractivity contribution >= 4 is 33.2 Å². The van der Waals surface area contributed by atoms with Crippen molar-refractivity contribution in [1.82, 2.24) is 4.31 Å². The molecule has 1 aliphatic carbocycles. The molecule has 1 fully saturated rings. The molecule has 1 aromatic rings. The van der Waals surface area contributed by atoms with Crippen LogP contribution in [-0.4, -0.2) is 31.2 Å². The third-order valence-electron chi connectivity index (χ3n) is 2.66. The van der Waals surface area contributed by atoms with Gasteiger partial charge in [-0.25, -0.2) is 8.42 Å². The summed E-state index contributed by atoms with van der Waals surface area (Å²) >= 11 is 11.5. The highest BCUT2D eigenvalue weighted by Crippen LogP contribution is 2.32. The molecular weight excluding hydrogens is 281 g/mol. The van der Waals surface area contributed by atoms with Crippen LogP contribution < -0.4 is 0 Å². The van der Waals surface area contributed by atoms with Crippen LogP contribution in [0.2, 0.25) is 5.02 Å². The van der Waals surface area contributed by atoms with Crippen LogP contribution in [0.3, 0.4) is 0 Å². The highest BCUT2D eigenvalue weighted by molar-refractivity contribution is 7.89. The molecule has 0 radical (unpaired) electrons. The minimum atomic E-state index is -3.46. The van der Waals surface area contributed by atoms with Crippen molar-refractivity contribution in [3.63, 3.8) is 0 Å². The normalized spacial score (nSPS) is 16.4. The van der Waals surface area contributed by atoms with Crippen LogP contribution in [0.15, 0.2) is 29.2 Å². The standard InChI is InChI=1S/C11H13Cl2NO2S/c12-6-7-14(10-4-5-10)17(15,16)11-3-1-2-9(13)8-11/h1-3,8,10H,4-7H2. The SMILES string of the molecule is O=S(=O)(c1cccc(Cl)c1)N(CCCl)C1CC1. The third kappa shape index (κ3) is 2.94. The van der Waals surface area contributed by atoms with Crippen LogP contribution in [0.25, 0.3) is 0 Å². The third-order valence-corrected chi connectivity index (χ3v) is 5.01. The summed E-state index contributed by atoms with van der Waals surface area (Å²) < 4.78 is 26.2. The average molecular weight is 294 g/mol. The molecular formula is C11H13Cl2NO2S. The predicted octanol–water partition coefficient (Wildman–Crippen LogP) is 2.73. The van der Waals surface area contributed by atoms with E-state index in [1.165, 1.54) is 10.4 Å². The summed E-state index contributed by atoms with van der Waals surface area (Å²) in [5, 5.41) is 0.424. The number of benzene rings is 1. The fraction of sp³-hybridized carbons (Fsp3) is 0.455. The van der Waals surface area contributed by atoms with Gasteiger partial charge in [-0.3, -0.25) is 0 Å². The zero-order valence-corrected chi connectivity index (χ0v) is 11.5. The minimum Gasteiger partial charge on any atom is -0.207 e. The number of halogens is 2. The summed E-state index contributed by atoms with van der Waals surface area (Å²) in [7, 11) is -3.46. The first-order chi connectivity index (χ1) is 8.05. The van der Waals surface area contributed by atoms with Gasteiger partial charge in [-0.05, 0) is 31.0 Å². The van der Waals surface area contributed by atoms with Crippen LogP contribution in [0, 0.1) is 0 Å². The maximum atomic E-state index is 12.4. The molecule has 0 saturated heterocycles. The van der Waals surface area contributed by atoms with Crippen molar-refractivity contribution in [2.75, 3.05) is 12.4 Å². The Bertz CT molecular complexity index is 500. The van der Waals surface area contributed by atoms with E-state index in [0.29, 0.717) is 17.4 Å². The number of hydrogen-bond donors (Lipinski definition) is 0. The summed E-state index contributed by atoms with van der Waals surface area (Å²) in [4.78, 5) is 0.238. The lowest BCUT2D eigenvalue weighted by Crippen LogP contribution is -2.34. The number of sulfonamides is 1. The van der Waals surface area contributed by atoms with Gasteiger partial charge in [0.05, 0.1) is 4.90 Å². The zero-order chi connectivity index (χ0) is 12.5. The smallest absolute Gasteiger partial charge is 0.207 e. The Balaban J connectivity index is 2.33. The summed E-state index contributed by atoms with van der Waals surface area (Å²) in [5.41, 5.74) is 0. The molecule has 17 heavy (non-hydrogen) atoms. The highest BCUT2D eigenvalue weighted by atomic mass is 35.5. The minimum absolute atomic E-state index is 0.109. The molecule has 0 aliphatic heterocycles. The number of rotatable bonds is 5. The van der Waals surface area contributed by atoms with E-state index in [2.05, 4.69) is 0 Å². The first-order valence-corrected chi connectivity index (χ1v) is 7.74. The summed E-state index contributed by atoms with van der Waals surface area (Å²) in [6, 6.07) is 6.44. The van der Waals surface area contributed by atoms with Gasteiger partial charge in [-0.2, -0.15) is 4.31 Å². The van der Waals surface area contributed by atoms with Crippen molar-refractivity contribution in [2.45, 2.75) is 23.8 Å². The first kappa shape index (κ1) is 13.1. The molecule has 0 aromatic heterocycles. The van der Waals surface area contributed by atoms with Gasteiger partial charge >= 0.3 is 0 Å². The second-order valence-corrected chi connectivity index (χ2v) is 6.70. The van der Waals surface area contributed by atoms with Gasteiger partial charge in [0, 0.05) is 23.5 Å². The Morgan fingerprint density at radius 2 is 2.06 bits per heavy atom. The Kier molecular flexibility index (Phi) is 3.98.